The highest BCUT2D eigenvalue weighted by molar-refractivity contribution is 5.71. The first-order chi connectivity index (χ1) is 32.0. The van der Waals surface area contributed by atoms with Crippen molar-refractivity contribution in [1.82, 2.24) is 0 Å². The van der Waals surface area contributed by atoms with E-state index in [4.69, 9.17) is 14.2 Å². The van der Waals surface area contributed by atoms with E-state index in [-0.39, 0.29) is 44.0 Å². The molecule has 0 heterocycles. The average molecular weight is 901 g/mol. The Kier molecular flexibility index (Phi) is 49.5. The summed E-state index contributed by atoms with van der Waals surface area (Å²) in [6.07, 6.45) is 70.8. The van der Waals surface area contributed by atoms with Crippen LogP contribution in [0.1, 0.15) is 226 Å². The zero-order valence-corrected chi connectivity index (χ0v) is 42.0. The predicted octanol–water partition coefficient (Wildman–Crippen LogP) is 17.5. The molecule has 0 N–H and O–H groups in total. The van der Waals surface area contributed by atoms with Gasteiger partial charge in [0.1, 0.15) is 13.2 Å². The van der Waals surface area contributed by atoms with Gasteiger partial charge in [-0.25, -0.2) is 0 Å². The van der Waals surface area contributed by atoms with Gasteiger partial charge in [-0.1, -0.05) is 214 Å². The molecular formula is C59H96O6. The average Bonchev–Trinajstić information content (AvgIpc) is 3.30. The van der Waals surface area contributed by atoms with Crippen LogP contribution in [0.25, 0.3) is 0 Å². The molecule has 0 aliphatic rings. The number of rotatable bonds is 46. The Hall–Kier alpha value is -3.93. The van der Waals surface area contributed by atoms with E-state index in [2.05, 4.69) is 124 Å². The largest absolute Gasteiger partial charge is 0.462 e. The Balaban J connectivity index is 4.55. The predicted molar refractivity (Wildman–Crippen MR) is 279 cm³/mol. The van der Waals surface area contributed by atoms with Crippen LogP contribution in [0.5, 0.6) is 0 Å². The van der Waals surface area contributed by atoms with Crippen LogP contribution in [0.4, 0.5) is 0 Å². The van der Waals surface area contributed by atoms with Crippen molar-refractivity contribution in [2.75, 3.05) is 13.2 Å². The zero-order chi connectivity index (χ0) is 47.2. The quantitative estimate of drug-likeness (QED) is 0.0199. The number of carbonyl (C=O) groups excluding carboxylic acids is 3. The number of hydrogen-bond donors (Lipinski definition) is 0. The summed E-state index contributed by atoms with van der Waals surface area (Å²) in [7, 11) is 0. The van der Waals surface area contributed by atoms with Gasteiger partial charge in [-0.15, -0.1) is 0 Å². The Morgan fingerprint density at radius 2 is 0.692 bits per heavy atom. The lowest BCUT2D eigenvalue weighted by Crippen LogP contribution is -2.30. The summed E-state index contributed by atoms with van der Waals surface area (Å²) in [6, 6.07) is 0. The molecule has 0 fully saturated rings. The number of esters is 3. The number of ether oxygens (including phenoxy) is 3. The van der Waals surface area contributed by atoms with Gasteiger partial charge in [0.05, 0.1) is 0 Å². The van der Waals surface area contributed by atoms with Gasteiger partial charge in [0, 0.05) is 19.3 Å². The number of hydrogen-bond acceptors (Lipinski definition) is 6. The molecule has 0 saturated carbocycles. The lowest BCUT2D eigenvalue weighted by atomic mass is 10.1. The number of carbonyl (C=O) groups is 3. The maximum Gasteiger partial charge on any atom is 0.306 e. The summed E-state index contributed by atoms with van der Waals surface area (Å²) in [4.78, 5) is 38.0. The lowest BCUT2D eigenvalue weighted by molar-refractivity contribution is -0.166. The van der Waals surface area contributed by atoms with Crippen molar-refractivity contribution in [2.24, 2.45) is 0 Å². The summed E-state index contributed by atoms with van der Waals surface area (Å²) in [6.45, 7) is 6.39. The van der Waals surface area contributed by atoms with Crippen LogP contribution in [0, 0.1) is 0 Å². The minimum Gasteiger partial charge on any atom is -0.462 e. The van der Waals surface area contributed by atoms with Crippen LogP contribution in [0.3, 0.4) is 0 Å². The fraction of sp³-hybridized carbons (Fsp3) is 0.644. The Bertz CT molecular complexity index is 1360. The molecule has 0 amide bonds. The molecule has 0 aliphatic carbocycles. The first-order valence-electron chi connectivity index (χ1n) is 26.4. The van der Waals surface area contributed by atoms with Crippen molar-refractivity contribution in [3.63, 3.8) is 0 Å². The number of unbranched alkanes of at least 4 members (excludes halogenated alkanes) is 19. The lowest BCUT2D eigenvalue weighted by Gasteiger charge is -2.18. The highest BCUT2D eigenvalue weighted by atomic mass is 16.6. The van der Waals surface area contributed by atoms with Crippen LogP contribution in [-0.4, -0.2) is 37.2 Å². The van der Waals surface area contributed by atoms with Gasteiger partial charge in [0.25, 0.3) is 0 Å². The topological polar surface area (TPSA) is 78.9 Å². The third kappa shape index (κ3) is 50.9. The molecule has 65 heavy (non-hydrogen) atoms. The van der Waals surface area contributed by atoms with E-state index in [9.17, 15) is 14.4 Å². The van der Waals surface area contributed by atoms with Crippen LogP contribution >= 0.6 is 0 Å². The third-order valence-electron chi connectivity index (χ3n) is 10.8. The Morgan fingerprint density at radius 3 is 1.17 bits per heavy atom. The maximum absolute atomic E-state index is 12.8. The Morgan fingerprint density at radius 1 is 0.338 bits per heavy atom. The van der Waals surface area contributed by atoms with Crippen molar-refractivity contribution in [2.45, 2.75) is 232 Å². The minimum absolute atomic E-state index is 0.121. The summed E-state index contributed by atoms with van der Waals surface area (Å²) >= 11 is 0. The summed E-state index contributed by atoms with van der Waals surface area (Å²) in [5.41, 5.74) is 0. The molecule has 0 aliphatic heterocycles. The first-order valence-corrected chi connectivity index (χ1v) is 26.4. The van der Waals surface area contributed by atoms with Gasteiger partial charge in [0.2, 0.25) is 0 Å². The SMILES string of the molecule is CC/C=C\C/C=C\C/C=C\C/C=C\CCCCCC(=O)OC(COC(=O)CC/C=C\C/C=C\CCCCCCCC)COC(=O)CCCCCCC\C=C/C=C\C=C/CCCCCCC. The Labute approximate surface area is 400 Å². The van der Waals surface area contributed by atoms with Crippen molar-refractivity contribution >= 4 is 17.9 Å². The normalized spacial score (nSPS) is 13.0. The standard InChI is InChI=1S/C59H96O6/c1-4-7-10-13-16-19-22-25-27-29-30-32-34-37-40-43-46-49-52-58(61)64-55-56(54-63-57(60)51-48-45-42-39-36-33-24-21-18-15-12-9-6-3)65-59(62)53-50-47-44-41-38-35-31-28-26-23-20-17-14-11-8-5-2/h8,11,17,20,22,25-30,32-33,35-36,38,42,45,56H,4-7,9-10,12-16,18-19,21,23-24,31,34,37,39-41,43-44,46-55H2,1-3H3/b11-8-,20-17-,25-22-,28-26-,29-27-,32-30-,36-33-,38-35-,45-42-. The van der Waals surface area contributed by atoms with Crippen molar-refractivity contribution < 1.29 is 28.6 Å². The van der Waals surface area contributed by atoms with Gasteiger partial charge in [0.15, 0.2) is 6.10 Å². The number of allylic oxidation sites excluding steroid dienone is 18. The molecule has 0 aromatic carbocycles. The fourth-order valence-electron chi connectivity index (χ4n) is 6.84. The van der Waals surface area contributed by atoms with Gasteiger partial charge in [-0.2, -0.15) is 0 Å². The minimum atomic E-state index is -0.827. The zero-order valence-electron chi connectivity index (χ0n) is 42.0. The molecule has 368 valence electrons. The van der Waals surface area contributed by atoms with E-state index in [1.807, 2.05) is 6.08 Å². The van der Waals surface area contributed by atoms with Crippen molar-refractivity contribution in [3.05, 3.63) is 109 Å². The van der Waals surface area contributed by atoms with E-state index >= 15 is 0 Å². The second kappa shape index (κ2) is 52.7. The highest BCUT2D eigenvalue weighted by Gasteiger charge is 2.19. The van der Waals surface area contributed by atoms with Crippen molar-refractivity contribution in [1.29, 1.82) is 0 Å². The third-order valence-corrected chi connectivity index (χ3v) is 10.8. The van der Waals surface area contributed by atoms with E-state index in [1.54, 1.807) is 0 Å². The molecule has 0 spiro atoms. The molecule has 0 aromatic heterocycles. The molecule has 0 radical (unpaired) electrons. The summed E-state index contributed by atoms with van der Waals surface area (Å²) in [5, 5.41) is 0. The molecule has 0 rings (SSSR count). The maximum atomic E-state index is 12.8. The molecule has 0 aromatic rings. The van der Waals surface area contributed by atoms with E-state index in [0.29, 0.717) is 19.3 Å². The van der Waals surface area contributed by atoms with Crippen LogP contribution in [0.15, 0.2) is 109 Å². The van der Waals surface area contributed by atoms with Gasteiger partial charge in [-0.05, 0) is 103 Å². The van der Waals surface area contributed by atoms with Gasteiger partial charge < -0.3 is 14.2 Å². The monoisotopic (exact) mass is 901 g/mol. The first kappa shape index (κ1) is 61.1. The summed E-state index contributed by atoms with van der Waals surface area (Å²) in [5.74, 6) is -1.05. The molecule has 0 saturated heterocycles. The fourth-order valence-corrected chi connectivity index (χ4v) is 6.84. The molecule has 1 unspecified atom stereocenters. The second-order valence-electron chi connectivity index (χ2n) is 17.1. The molecule has 6 heteroatoms. The van der Waals surface area contributed by atoms with Crippen molar-refractivity contribution in [3.8, 4) is 0 Å². The van der Waals surface area contributed by atoms with Gasteiger partial charge >= 0.3 is 17.9 Å². The summed E-state index contributed by atoms with van der Waals surface area (Å²) < 4.78 is 16.7. The van der Waals surface area contributed by atoms with E-state index < -0.39 is 6.10 Å². The molecule has 0 bridgehead atoms. The van der Waals surface area contributed by atoms with Crippen LogP contribution in [-0.2, 0) is 28.6 Å². The van der Waals surface area contributed by atoms with Crippen LogP contribution in [0.2, 0.25) is 0 Å². The molecular weight excluding hydrogens is 805 g/mol. The molecule has 6 nitrogen and oxygen atoms in total. The van der Waals surface area contributed by atoms with E-state index in [1.165, 1.54) is 70.6 Å². The smallest absolute Gasteiger partial charge is 0.306 e. The van der Waals surface area contributed by atoms with E-state index in [0.717, 1.165) is 103 Å². The highest BCUT2D eigenvalue weighted by Crippen LogP contribution is 2.12. The second-order valence-corrected chi connectivity index (χ2v) is 17.1. The van der Waals surface area contributed by atoms with Gasteiger partial charge in [-0.3, -0.25) is 14.4 Å². The van der Waals surface area contributed by atoms with Crippen LogP contribution < -0.4 is 0 Å². The molecule has 1 atom stereocenters.